The van der Waals surface area contributed by atoms with Gasteiger partial charge in [-0.2, -0.15) is 0 Å². The van der Waals surface area contributed by atoms with Crippen molar-refractivity contribution in [3.63, 3.8) is 0 Å². The highest BCUT2D eigenvalue weighted by Crippen LogP contribution is 2.44. The zero-order valence-electron chi connectivity index (χ0n) is 14.6. The second-order valence-electron chi connectivity index (χ2n) is 7.23. The molecule has 0 heterocycles. The highest BCUT2D eigenvalue weighted by molar-refractivity contribution is 7.92. The predicted molar refractivity (Wildman–Crippen MR) is 96.0 cm³/mol. The maximum Gasteiger partial charge on any atom is 0.241 e. The molecule has 1 amide bonds. The Kier molecular flexibility index (Phi) is 4.86. The quantitative estimate of drug-likeness (QED) is 0.782. The molecule has 2 bridgehead atoms. The Morgan fingerprint density at radius 2 is 2.00 bits per heavy atom. The Morgan fingerprint density at radius 3 is 2.56 bits per heavy atom. The van der Waals surface area contributed by atoms with Crippen molar-refractivity contribution < 1.29 is 18.0 Å². The van der Waals surface area contributed by atoms with E-state index >= 15 is 0 Å². The summed E-state index contributed by atoms with van der Waals surface area (Å²) in [7, 11) is -3.64. The monoisotopic (exact) mass is 364 g/mol. The summed E-state index contributed by atoms with van der Waals surface area (Å²) in [5, 5.41) is 3.01. The van der Waals surface area contributed by atoms with Gasteiger partial charge in [-0.05, 0) is 50.2 Å². The fraction of sp³-hybridized carbons (Fsp3) is 0.556. The average Bonchev–Trinajstić information content (AvgIpc) is 3.14. The summed E-state index contributed by atoms with van der Waals surface area (Å²) in [5.74, 6) is 0.785. The van der Waals surface area contributed by atoms with E-state index in [-0.39, 0.29) is 24.3 Å². The molecule has 1 aromatic carbocycles. The van der Waals surface area contributed by atoms with Gasteiger partial charge in [0.25, 0.3) is 0 Å². The molecule has 2 fully saturated rings. The van der Waals surface area contributed by atoms with Gasteiger partial charge in [0.15, 0.2) is 5.78 Å². The minimum atomic E-state index is -3.64. The van der Waals surface area contributed by atoms with Crippen LogP contribution in [0.4, 0.5) is 5.69 Å². The summed E-state index contributed by atoms with van der Waals surface area (Å²) in [6, 6.07) is 6.52. The van der Waals surface area contributed by atoms with Crippen LogP contribution in [0, 0.1) is 11.8 Å². The smallest absolute Gasteiger partial charge is 0.241 e. The third-order valence-electron chi connectivity index (χ3n) is 5.31. The molecular weight excluding hydrogens is 340 g/mol. The van der Waals surface area contributed by atoms with Crippen LogP contribution in [0.15, 0.2) is 24.3 Å². The lowest BCUT2D eigenvalue weighted by molar-refractivity contribution is -0.120. The minimum absolute atomic E-state index is 0.151. The molecule has 136 valence electrons. The van der Waals surface area contributed by atoms with Gasteiger partial charge in [0, 0.05) is 11.6 Å². The summed E-state index contributed by atoms with van der Waals surface area (Å²) >= 11 is 0. The Morgan fingerprint density at radius 1 is 1.24 bits per heavy atom. The van der Waals surface area contributed by atoms with Crippen LogP contribution in [0.5, 0.6) is 0 Å². The number of hydrogen-bond donors (Lipinski definition) is 1. The number of anilines is 1. The van der Waals surface area contributed by atoms with Crippen molar-refractivity contribution in [2.45, 2.75) is 38.6 Å². The largest absolute Gasteiger partial charge is 0.352 e. The molecule has 0 aliphatic heterocycles. The van der Waals surface area contributed by atoms with E-state index in [0.717, 1.165) is 23.4 Å². The Hall–Kier alpha value is -1.89. The van der Waals surface area contributed by atoms with Crippen molar-refractivity contribution in [1.29, 1.82) is 0 Å². The highest BCUT2D eigenvalue weighted by atomic mass is 32.2. The van der Waals surface area contributed by atoms with E-state index in [2.05, 4.69) is 5.32 Å². The van der Waals surface area contributed by atoms with Crippen molar-refractivity contribution in [1.82, 2.24) is 5.32 Å². The van der Waals surface area contributed by atoms with Crippen molar-refractivity contribution >= 4 is 27.4 Å². The molecule has 1 aromatic rings. The molecule has 0 spiro atoms. The van der Waals surface area contributed by atoms with Gasteiger partial charge in [-0.15, -0.1) is 0 Å². The van der Waals surface area contributed by atoms with E-state index in [0.29, 0.717) is 23.1 Å². The summed E-state index contributed by atoms with van der Waals surface area (Å²) in [5.41, 5.74) is 0.748. The van der Waals surface area contributed by atoms with Crippen LogP contribution < -0.4 is 9.62 Å². The van der Waals surface area contributed by atoms with Crippen LogP contribution in [0.25, 0.3) is 0 Å². The Balaban J connectivity index is 1.74. The molecule has 0 aromatic heterocycles. The molecule has 7 heteroatoms. The molecule has 2 saturated carbocycles. The third kappa shape index (κ3) is 4.03. The highest BCUT2D eigenvalue weighted by Gasteiger charge is 2.40. The second-order valence-corrected chi connectivity index (χ2v) is 9.13. The number of carbonyl (C=O) groups excluding carboxylic acids is 2. The van der Waals surface area contributed by atoms with Crippen molar-refractivity contribution in [2.75, 3.05) is 17.1 Å². The van der Waals surface area contributed by atoms with Crippen LogP contribution in [0.3, 0.4) is 0 Å². The maximum atomic E-state index is 12.4. The number of nitrogens with zero attached hydrogens (tertiary/aromatic N) is 1. The zero-order chi connectivity index (χ0) is 18.2. The number of ketones is 1. The number of hydrogen-bond acceptors (Lipinski definition) is 4. The summed E-state index contributed by atoms with van der Waals surface area (Å²) in [6.45, 7) is 1.15. The normalized spacial score (nSPS) is 25.0. The number of Topliss-reactive ketones (excluding diaryl/α,β-unsaturated/α-hetero) is 1. The fourth-order valence-corrected chi connectivity index (χ4v) is 4.93. The van der Waals surface area contributed by atoms with Gasteiger partial charge >= 0.3 is 0 Å². The van der Waals surface area contributed by atoms with Gasteiger partial charge in [0.2, 0.25) is 15.9 Å². The van der Waals surface area contributed by atoms with Gasteiger partial charge in [-0.25, -0.2) is 8.42 Å². The van der Waals surface area contributed by atoms with E-state index in [1.807, 2.05) is 0 Å². The molecule has 1 N–H and O–H groups in total. The topological polar surface area (TPSA) is 83.6 Å². The zero-order valence-corrected chi connectivity index (χ0v) is 15.4. The average molecular weight is 364 g/mol. The molecule has 2 aliphatic carbocycles. The maximum absolute atomic E-state index is 12.4. The van der Waals surface area contributed by atoms with Crippen LogP contribution >= 0.6 is 0 Å². The minimum Gasteiger partial charge on any atom is -0.352 e. The van der Waals surface area contributed by atoms with Crippen LogP contribution in [0.1, 0.15) is 43.0 Å². The third-order valence-corrected chi connectivity index (χ3v) is 6.45. The van der Waals surface area contributed by atoms with Gasteiger partial charge in [0.05, 0.1) is 11.9 Å². The molecule has 25 heavy (non-hydrogen) atoms. The van der Waals surface area contributed by atoms with Gasteiger partial charge in [-0.3, -0.25) is 13.9 Å². The number of amides is 1. The lowest BCUT2D eigenvalue weighted by Gasteiger charge is -2.26. The van der Waals surface area contributed by atoms with E-state index in [1.165, 1.54) is 25.8 Å². The molecule has 3 atom stereocenters. The Bertz CT molecular complexity index is 790. The summed E-state index contributed by atoms with van der Waals surface area (Å²) in [6.07, 6.45) is 5.62. The van der Waals surface area contributed by atoms with Gasteiger partial charge in [-0.1, -0.05) is 18.6 Å². The number of rotatable bonds is 6. The second kappa shape index (κ2) is 6.78. The number of benzene rings is 1. The summed E-state index contributed by atoms with van der Waals surface area (Å²) in [4.78, 5) is 24.0. The Labute approximate surface area is 148 Å². The first-order chi connectivity index (χ1) is 11.7. The molecule has 0 saturated heterocycles. The van der Waals surface area contributed by atoms with Gasteiger partial charge < -0.3 is 5.32 Å². The van der Waals surface area contributed by atoms with Crippen LogP contribution in [-0.2, 0) is 14.8 Å². The first-order valence-electron chi connectivity index (χ1n) is 8.62. The number of sulfonamides is 1. The van der Waals surface area contributed by atoms with E-state index in [9.17, 15) is 18.0 Å². The number of fused-ring (bicyclic) bond motifs is 2. The lowest BCUT2D eigenvalue weighted by Crippen LogP contribution is -2.45. The van der Waals surface area contributed by atoms with E-state index in [1.54, 1.807) is 18.2 Å². The summed E-state index contributed by atoms with van der Waals surface area (Å²) < 4.78 is 25.4. The predicted octanol–water partition coefficient (Wildman–Crippen LogP) is 1.96. The SMILES string of the molecule is CC(=O)c1cccc(N(CC(=O)N[C@H]2C[C@H]3CC[C@H]2C3)S(C)(=O)=O)c1. The first-order valence-corrected chi connectivity index (χ1v) is 10.5. The van der Waals surface area contributed by atoms with Crippen LogP contribution in [-0.4, -0.2) is 39.0 Å². The molecule has 6 nitrogen and oxygen atoms in total. The molecule has 0 radical (unpaired) electrons. The first kappa shape index (κ1) is 17.9. The van der Waals surface area contributed by atoms with Crippen LogP contribution in [0.2, 0.25) is 0 Å². The lowest BCUT2D eigenvalue weighted by atomic mass is 9.95. The van der Waals surface area contributed by atoms with E-state index in [4.69, 9.17) is 0 Å². The number of nitrogens with one attached hydrogen (secondary N) is 1. The van der Waals surface area contributed by atoms with Gasteiger partial charge in [0.1, 0.15) is 6.54 Å². The fourth-order valence-electron chi connectivity index (χ4n) is 4.08. The number of carbonyl (C=O) groups is 2. The molecule has 0 unspecified atom stereocenters. The van der Waals surface area contributed by atoms with Crippen molar-refractivity contribution in [2.24, 2.45) is 11.8 Å². The van der Waals surface area contributed by atoms with Crippen molar-refractivity contribution in [3.05, 3.63) is 29.8 Å². The molecule has 2 aliphatic rings. The van der Waals surface area contributed by atoms with Crippen molar-refractivity contribution in [3.8, 4) is 0 Å². The van der Waals surface area contributed by atoms with E-state index < -0.39 is 10.0 Å². The standard InChI is InChI=1S/C18H24N2O4S/c1-12(21)14-4-3-5-16(10-14)20(25(2,23)24)11-18(22)19-17-9-13-6-7-15(17)8-13/h3-5,10,13,15,17H,6-9,11H2,1-2H3,(H,19,22)/t13-,15-,17-/m0/s1. The molecule has 3 rings (SSSR count). The molecular formula is C18H24N2O4S.